The second-order valence-electron chi connectivity index (χ2n) is 12.6. The van der Waals surface area contributed by atoms with Crippen molar-refractivity contribution in [3.63, 3.8) is 0 Å². The lowest BCUT2D eigenvalue weighted by Gasteiger charge is -2.24. The number of amides is 1. The van der Waals surface area contributed by atoms with Gasteiger partial charge in [-0.25, -0.2) is 0 Å². The minimum atomic E-state index is -0.122. The van der Waals surface area contributed by atoms with Crippen molar-refractivity contribution in [1.29, 1.82) is 0 Å². The molecule has 0 saturated carbocycles. The standard InChI is InChI=1S/C36H54N2O2S/c1-6-7-8-9-10-11-12-13-14-15-16-17-25-40-34-32(19-18-20-33(34)36(3,4)5)35(39)37-31-23-21-30(22-24-31)26-38-28-41-27-29(38)2/h18-24,27H,6-17,25-26,28H2,1-5H3,(H,37,39). The summed E-state index contributed by atoms with van der Waals surface area (Å²) in [6, 6.07) is 14.1. The Morgan fingerprint density at radius 1 is 0.878 bits per heavy atom. The van der Waals surface area contributed by atoms with Crippen LogP contribution in [0.1, 0.15) is 133 Å². The summed E-state index contributed by atoms with van der Waals surface area (Å²) in [7, 11) is 0. The molecule has 0 spiro atoms. The summed E-state index contributed by atoms with van der Waals surface area (Å²) < 4.78 is 6.38. The normalized spacial score (nSPS) is 13.4. The first-order valence-electron chi connectivity index (χ1n) is 16.0. The van der Waals surface area contributed by atoms with Crippen LogP contribution < -0.4 is 10.1 Å². The first-order chi connectivity index (χ1) is 19.8. The summed E-state index contributed by atoms with van der Waals surface area (Å²) in [6.07, 6.45) is 15.8. The third kappa shape index (κ3) is 11.4. The molecule has 2 aromatic carbocycles. The molecule has 1 amide bonds. The lowest BCUT2D eigenvalue weighted by Crippen LogP contribution is -2.19. The van der Waals surface area contributed by atoms with Crippen molar-refractivity contribution >= 4 is 23.4 Å². The molecule has 0 radical (unpaired) electrons. The van der Waals surface area contributed by atoms with Crippen molar-refractivity contribution in [2.24, 2.45) is 0 Å². The van der Waals surface area contributed by atoms with Crippen LogP contribution in [0.2, 0.25) is 0 Å². The molecule has 0 unspecified atom stereocenters. The van der Waals surface area contributed by atoms with Gasteiger partial charge in [0, 0.05) is 23.5 Å². The number of unbranched alkanes of at least 4 members (excludes halogenated alkanes) is 11. The fourth-order valence-electron chi connectivity index (χ4n) is 5.29. The molecule has 1 heterocycles. The van der Waals surface area contributed by atoms with Gasteiger partial charge in [0.1, 0.15) is 5.75 Å². The van der Waals surface area contributed by atoms with E-state index in [4.69, 9.17) is 4.74 Å². The van der Waals surface area contributed by atoms with Crippen molar-refractivity contribution in [3.8, 4) is 5.75 Å². The highest BCUT2D eigenvalue weighted by Gasteiger charge is 2.24. The van der Waals surface area contributed by atoms with Gasteiger partial charge in [-0.2, -0.15) is 0 Å². The molecular formula is C36H54N2O2S. The smallest absolute Gasteiger partial charge is 0.259 e. The number of carbonyl (C=O) groups is 1. The highest BCUT2D eigenvalue weighted by Crippen LogP contribution is 2.35. The van der Waals surface area contributed by atoms with Gasteiger partial charge >= 0.3 is 0 Å². The number of nitrogens with zero attached hydrogens (tertiary/aromatic N) is 1. The number of benzene rings is 2. The van der Waals surface area contributed by atoms with Crippen LogP contribution >= 0.6 is 11.8 Å². The summed E-state index contributed by atoms with van der Waals surface area (Å²) in [5, 5.41) is 5.31. The van der Waals surface area contributed by atoms with E-state index >= 15 is 0 Å². The van der Waals surface area contributed by atoms with Crippen LogP contribution in [0.5, 0.6) is 5.75 Å². The number of para-hydroxylation sites is 1. The molecule has 0 atom stereocenters. The average molecular weight is 579 g/mol. The van der Waals surface area contributed by atoms with Crippen molar-refractivity contribution in [2.75, 3.05) is 17.8 Å². The largest absolute Gasteiger partial charge is 0.492 e. The Morgan fingerprint density at radius 3 is 2.05 bits per heavy atom. The zero-order chi connectivity index (χ0) is 29.5. The van der Waals surface area contributed by atoms with Crippen LogP contribution in [-0.2, 0) is 12.0 Å². The maximum atomic E-state index is 13.4. The van der Waals surface area contributed by atoms with Crippen LogP contribution in [0.3, 0.4) is 0 Å². The quantitative estimate of drug-likeness (QED) is 0.179. The van der Waals surface area contributed by atoms with Gasteiger partial charge in [0.05, 0.1) is 18.0 Å². The number of thioether (sulfide) groups is 1. The molecule has 226 valence electrons. The first kappa shape index (κ1) is 33.1. The Morgan fingerprint density at radius 2 is 1.49 bits per heavy atom. The Hall–Kier alpha value is -2.40. The van der Waals surface area contributed by atoms with Crippen molar-refractivity contribution < 1.29 is 9.53 Å². The maximum Gasteiger partial charge on any atom is 0.259 e. The molecule has 0 aromatic heterocycles. The number of anilines is 1. The van der Waals surface area contributed by atoms with E-state index in [1.165, 1.54) is 81.9 Å². The summed E-state index contributed by atoms with van der Waals surface area (Å²) in [5.41, 5.74) is 4.91. The number of ether oxygens (including phenoxy) is 1. The Kier molecular flexibility index (Phi) is 14.2. The fourth-order valence-corrected chi connectivity index (χ4v) is 6.23. The molecule has 0 bridgehead atoms. The van der Waals surface area contributed by atoms with Gasteiger partial charge in [-0.1, -0.05) is 123 Å². The second kappa shape index (κ2) is 17.5. The Balaban J connectivity index is 1.48. The molecule has 0 aliphatic carbocycles. The zero-order valence-corrected chi connectivity index (χ0v) is 27.2. The summed E-state index contributed by atoms with van der Waals surface area (Å²) in [5.74, 6) is 1.60. The number of allylic oxidation sites excluding steroid dienone is 1. The molecule has 5 heteroatoms. The molecule has 2 aromatic rings. The van der Waals surface area contributed by atoms with Crippen molar-refractivity contribution in [2.45, 2.75) is 124 Å². The minimum absolute atomic E-state index is 0.121. The Bertz CT molecular complexity index is 1090. The molecular weight excluding hydrogens is 524 g/mol. The van der Waals surface area contributed by atoms with E-state index in [1.54, 1.807) is 0 Å². The lowest BCUT2D eigenvalue weighted by molar-refractivity contribution is 0.102. The summed E-state index contributed by atoms with van der Waals surface area (Å²) in [4.78, 5) is 15.8. The van der Waals surface area contributed by atoms with Crippen molar-refractivity contribution in [3.05, 3.63) is 70.3 Å². The summed E-state index contributed by atoms with van der Waals surface area (Å²) in [6.45, 7) is 12.5. The SMILES string of the molecule is CCCCCCCCCCCCCCOc1c(C(=O)Nc2ccc(CN3CSC=C3C)cc2)cccc1C(C)(C)C. The van der Waals surface area contributed by atoms with Gasteiger partial charge in [-0.15, -0.1) is 11.8 Å². The average Bonchev–Trinajstić information content (AvgIpc) is 3.35. The minimum Gasteiger partial charge on any atom is -0.492 e. The second-order valence-corrected chi connectivity index (χ2v) is 13.4. The van der Waals surface area contributed by atoms with E-state index in [1.807, 2.05) is 36.0 Å². The van der Waals surface area contributed by atoms with Crippen molar-refractivity contribution in [1.82, 2.24) is 4.90 Å². The number of nitrogens with one attached hydrogen (secondary N) is 1. The highest BCUT2D eigenvalue weighted by molar-refractivity contribution is 8.02. The van der Waals surface area contributed by atoms with Gasteiger partial charge in [0.2, 0.25) is 0 Å². The molecule has 0 saturated heterocycles. The maximum absolute atomic E-state index is 13.4. The van der Waals surface area contributed by atoms with Crippen LogP contribution in [0, 0.1) is 0 Å². The zero-order valence-electron chi connectivity index (χ0n) is 26.4. The molecule has 1 aliphatic rings. The number of rotatable bonds is 18. The predicted octanol–water partition coefficient (Wildman–Crippen LogP) is 10.7. The number of carbonyl (C=O) groups excluding carboxylic acids is 1. The van der Waals surface area contributed by atoms with E-state index in [2.05, 4.69) is 68.4 Å². The molecule has 1 N–H and O–H groups in total. The van der Waals surface area contributed by atoms with Gasteiger partial charge in [0.25, 0.3) is 5.91 Å². The van der Waals surface area contributed by atoms with Gasteiger partial charge < -0.3 is 15.0 Å². The van der Waals surface area contributed by atoms with Crippen LogP contribution in [-0.4, -0.2) is 23.3 Å². The van der Waals surface area contributed by atoms with Crippen LogP contribution in [0.4, 0.5) is 5.69 Å². The predicted molar refractivity (Wildman–Crippen MR) is 178 cm³/mol. The van der Waals surface area contributed by atoms with Gasteiger partial charge in [0.15, 0.2) is 0 Å². The topological polar surface area (TPSA) is 41.6 Å². The first-order valence-corrected chi connectivity index (χ1v) is 17.0. The van der Waals surface area contributed by atoms with Crippen LogP contribution in [0.25, 0.3) is 0 Å². The van der Waals surface area contributed by atoms with Gasteiger partial charge in [-0.3, -0.25) is 4.79 Å². The third-order valence-corrected chi connectivity index (χ3v) is 8.85. The lowest BCUT2D eigenvalue weighted by atomic mass is 9.85. The number of hydrogen-bond acceptors (Lipinski definition) is 4. The van der Waals surface area contributed by atoms with Gasteiger partial charge in [-0.05, 0) is 47.9 Å². The molecule has 0 fully saturated rings. The van der Waals surface area contributed by atoms with E-state index in [-0.39, 0.29) is 11.3 Å². The van der Waals surface area contributed by atoms with Crippen LogP contribution in [0.15, 0.2) is 53.6 Å². The van der Waals surface area contributed by atoms with E-state index in [0.717, 1.165) is 35.8 Å². The molecule has 1 aliphatic heterocycles. The highest BCUT2D eigenvalue weighted by atomic mass is 32.2. The van der Waals surface area contributed by atoms with E-state index in [0.29, 0.717) is 12.2 Å². The molecule has 3 rings (SSSR count). The van der Waals surface area contributed by atoms with E-state index in [9.17, 15) is 4.79 Å². The fraction of sp³-hybridized carbons (Fsp3) is 0.583. The third-order valence-electron chi connectivity index (χ3n) is 7.88. The monoisotopic (exact) mass is 578 g/mol. The summed E-state index contributed by atoms with van der Waals surface area (Å²) >= 11 is 1.83. The molecule has 4 nitrogen and oxygen atoms in total. The molecule has 41 heavy (non-hydrogen) atoms. The Labute approximate surface area is 254 Å². The number of hydrogen-bond donors (Lipinski definition) is 1. The van der Waals surface area contributed by atoms with E-state index < -0.39 is 0 Å².